The van der Waals surface area contributed by atoms with Gasteiger partial charge < -0.3 is 19.3 Å². The summed E-state index contributed by atoms with van der Waals surface area (Å²) in [5.41, 5.74) is 0.886. The molecule has 0 radical (unpaired) electrons. The number of rotatable bonds is 9. The average molecular weight is 335 g/mol. The monoisotopic (exact) mass is 335 g/mol. The molecule has 0 aliphatic rings. The van der Waals surface area contributed by atoms with Crippen LogP contribution in [0.4, 0.5) is 0 Å². The van der Waals surface area contributed by atoms with Crippen LogP contribution < -0.4 is 9.47 Å². The first-order chi connectivity index (χ1) is 11.2. The lowest BCUT2D eigenvalue weighted by Gasteiger charge is -2.13. The van der Waals surface area contributed by atoms with Crippen LogP contribution >= 0.6 is 11.8 Å². The third kappa shape index (κ3) is 5.74. The molecule has 0 fully saturated rings. The van der Waals surface area contributed by atoms with Crippen molar-refractivity contribution in [3.63, 3.8) is 0 Å². The summed E-state index contributed by atoms with van der Waals surface area (Å²) in [5.74, 6) is 2.02. The van der Waals surface area contributed by atoms with Gasteiger partial charge in [0.25, 0.3) is 0 Å². The second kappa shape index (κ2) is 9.39. The fraction of sp³-hybridized carbons (Fsp3) is 0.353. The summed E-state index contributed by atoms with van der Waals surface area (Å²) in [7, 11) is 3.23. The summed E-state index contributed by atoms with van der Waals surface area (Å²) in [6.45, 7) is 0.603. The van der Waals surface area contributed by atoms with Crippen molar-refractivity contribution in [3.8, 4) is 11.5 Å². The predicted octanol–water partition coefficient (Wildman–Crippen LogP) is 2.77. The molecule has 0 saturated carbocycles. The van der Waals surface area contributed by atoms with E-state index in [1.54, 1.807) is 20.4 Å². The number of hydrogen-bond donors (Lipinski definition) is 1. The van der Waals surface area contributed by atoms with Gasteiger partial charge in [0.15, 0.2) is 0 Å². The molecular weight excluding hydrogens is 314 g/mol. The maximum Gasteiger partial charge on any atom is 0.124 e. The van der Waals surface area contributed by atoms with Crippen LogP contribution in [0.3, 0.4) is 0 Å². The van der Waals surface area contributed by atoms with Gasteiger partial charge in [-0.1, -0.05) is 6.07 Å². The van der Waals surface area contributed by atoms with Crippen LogP contribution in [0.2, 0.25) is 0 Å². The number of benzene rings is 1. The third-order valence-corrected chi connectivity index (χ3v) is 4.21. The van der Waals surface area contributed by atoms with Gasteiger partial charge in [-0.2, -0.15) is 0 Å². The van der Waals surface area contributed by atoms with E-state index >= 15 is 0 Å². The quantitative estimate of drug-likeness (QED) is 0.711. The zero-order valence-electron chi connectivity index (χ0n) is 13.3. The maximum absolute atomic E-state index is 9.99. The smallest absolute Gasteiger partial charge is 0.124 e. The van der Waals surface area contributed by atoms with Crippen LogP contribution in [0.1, 0.15) is 5.56 Å². The highest BCUT2D eigenvalue weighted by Crippen LogP contribution is 2.24. The Hall–Kier alpha value is -1.76. The Kier molecular flexibility index (Phi) is 7.19. The molecule has 1 N–H and O–H groups in total. The normalized spacial score (nSPS) is 12.0. The molecule has 0 bridgehead atoms. The zero-order chi connectivity index (χ0) is 16.5. The van der Waals surface area contributed by atoms with E-state index in [0.29, 0.717) is 12.4 Å². The van der Waals surface area contributed by atoms with Gasteiger partial charge in [0.1, 0.15) is 11.5 Å². The molecule has 1 aromatic heterocycles. The number of hydrogen-bond acceptors (Lipinski definition) is 6. The van der Waals surface area contributed by atoms with Crippen molar-refractivity contribution in [2.45, 2.75) is 17.7 Å². The lowest BCUT2D eigenvalue weighted by atomic mass is 10.2. The van der Waals surface area contributed by atoms with E-state index in [1.807, 2.05) is 36.4 Å². The van der Waals surface area contributed by atoms with Crippen LogP contribution in [-0.4, -0.2) is 42.8 Å². The van der Waals surface area contributed by atoms with Crippen molar-refractivity contribution in [2.75, 3.05) is 26.6 Å². The fourth-order valence-corrected chi connectivity index (χ4v) is 2.73. The summed E-state index contributed by atoms with van der Waals surface area (Å²) in [5, 5.41) is 10.9. The molecule has 1 aromatic carbocycles. The predicted molar refractivity (Wildman–Crippen MR) is 90.2 cm³/mol. The zero-order valence-corrected chi connectivity index (χ0v) is 14.1. The minimum absolute atomic E-state index is 0.250. The van der Waals surface area contributed by atoms with Crippen LogP contribution in [0.5, 0.6) is 11.5 Å². The minimum atomic E-state index is -0.557. The molecule has 2 aromatic rings. The van der Waals surface area contributed by atoms with Gasteiger partial charge in [-0.05, 0) is 30.3 Å². The van der Waals surface area contributed by atoms with E-state index in [-0.39, 0.29) is 6.61 Å². The standard InChI is InChI=1S/C17H21NO4S/c1-20-15-6-7-16(21-2)13(9-15)10-22-11-14(19)12-23-17-5-3-4-8-18-17/h3-9,14,19H,10-12H2,1-2H3/t14-/m1/s1. The second-order valence-electron chi connectivity index (χ2n) is 4.83. The molecule has 0 aliphatic heterocycles. The highest BCUT2D eigenvalue weighted by molar-refractivity contribution is 7.99. The molecule has 0 spiro atoms. The highest BCUT2D eigenvalue weighted by Gasteiger charge is 2.09. The first kappa shape index (κ1) is 17.6. The van der Waals surface area contributed by atoms with Gasteiger partial charge in [0.2, 0.25) is 0 Å². The van der Waals surface area contributed by atoms with Crippen molar-refractivity contribution >= 4 is 11.8 Å². The summed E-state index contributed by atoms with van der Waals surface area (Å²) < 4.78 is 16.1. The van der Waals surface area contributed by atoms with Gasteiger partial charge in [-0.3, -0.25) is 0 Å². The van der Waals surface area contributed by atoms with E-state index in [2.05, 4.69) is 4.98 Å². The first-order valence-corrected chi connectivity index (χ1v) is 8.22. The average Bonchev–Trinajstić information content (AvgIpc) is 2.60. The van der Waals surface area contributed by atoms with Crippen LogP contribution in [-0.2, 0) is 11.3 Å². The van der Waals surface area contributed by atoms with Crippen molar-refractivity contribution in [3.05, 3.63) is 48.2 Å². The summed E-state index contributed by atoms with van der Waals surface area (Å²) in [4.78, 5) is 4.20. The Bertz CT molecular complexity index is 594. The molecule has 0 unspecified atom stereocenters. The van der Waals surface area contributed by atoms with Gasteiger partial charge in [0.05, 0.1) is 38.6 Å². The molecule has 0 saturated heterocycles. The Morgan fingerprint density at radius 2 is 2.04 bits per heavy atom. The number of aliphatic hydroxyl groups excluding tert-OH is 1. The maximum atomic E-state index is 9.99. The molecule has 5 nitrogen and oxygen atoms in total. The number of aliphatic hydroxyl groups is 1. The molecule has 1 atom stereocenters. The van der Waals surface area contributed by atoms with Crippen molar-refractivity contribution in [2.24, 2.45) is 0 Å². The number of nitrogens with zero attached hydrogens (tertiary/aromatic N) is 1. The van der Waals surface area contributed by atoms with E-state index in [4.69, 9.17) is 14.2 Å². The number of pyridine rings is 1. The molecule has 23 heavy (non-hydrogen) atoms. The topological polar surface area (TPSA) is 60.8 Å². The van der Waals surface area contributed by atoms with Gasteiger partial charge in [-0.25, -0.2) is 4.98 Å². The van der Waals surface area contributed by atoms with Crippen LogP contribution in [0.25, 0.3) is 0 Å². The Morgan fingerprint density at radius 3 is 2.74 bits per heavy atom. The molecule has 1 heterocycles. The first-order valence-electron chi connectivity index (χ1n) is 7.23. The molecule has 0 amide bonds. The van der Waals surface area contributed by atoms with Gasteiger partial charge >= 0.3 is 0 Å². The van der Waals surface area contributed by atoms with Crippen LogP contribution in [0, 0.1) is 0 Å². The summed E-state index contributed by atoms with van der Waals surface area (Å²) >= 11 is 1.50. The summed E-state index contributed by atoms with van der Waals surface area (Å²) in [6.07, 6.45) is 1.18. The number of aromatic nitrogens is 1. The van der Waals surface area contributed by atoms with E-state index in [0.717, 1.165) is 22.1 Å². The SMILES string of the molecule is COc1ccc(OC)c(COC[C@@H](O)CSc2ccccn2)c1. The third-order valence-electron chi connectivity index (χ3n) is 3.12. The fourth-order valence-electron chi connectivity index (χ4n) is 1.96. The van der Waals surface area contributed by atoms with Crippen molar-refractivity contribution in [1.29, 1.82) is 0 Å². The van der Waals surface area contributed by atoms with E-state index < -0.39 is 6.10 Å². The minimum Gasteiger partial charge on any atom is -0.497 e. The molecular formula is C17H21NO4S. The number of thioether (sulfide) groups is 1. The Balaban J connectivity index is 1.78. The van der Waals surface area contributed by atoms with Gasteiger partial charge in [0, 0.05) is 17.5 Å². The van der Waals surface area contributed by atoms with Crippen molar-refractivity contribution < 1.29 is 19.3 Å². The summed E-state index contributed by atoms with van der Waals surface area (Å²) in [6, 6.07) is 11.2. The lowest BCUT2D eigenvalue weighted by Crippen LogP contribution is -2.18. The van der Waals surface area contributed by atoms with Crippen molar-refractivity contribution in [1.82, 2.24) is 4.98 Å². The van der Waals surface area contributed by atoms with Crippen LogP contribution in [0.15, 0.2) is 47.6 Å². The Morgan fingerprint density at radius 1 is 1.17 bits per heavy atom. The largest absolute Gasteiger partial charge is 0.497 e. The molecule has 2 rings (SSSR count). The highest BCUT2D eigenvalue weighted by atomic mass is 32.2. The lowest BCUT2D eigenvalue weighted by molar-refractivity contribution is 0.0389. The van der Waals surface area contributed by atoms with E-state index in [9.17, 15) is 5.11 Å². The number of ether oxygens (including phenoxy) is 3. The number of methoxy groups -OCH3 is 2. The molecule has 6 heteroatoms. The Labute approximate surface area is 140 Å². The molecule has 0 aliphatic carbocycles. The molecule has 124 valence electrons. The second-order valence-corrected chi connectivity index (χ2v) is 5.87. The van der Waals surface area contributed by atoms with Gasteiger partial charge in [-0.15, -0.1) is 11.8 Å². The van der Waals surface area contributed by atoms with E-state index in [1.165, 1.54) is 11.8 Å².